The van der Waals surface area contributed by atoms with Crippen LogP contribution in [-0.2, 0) is 4.57 Å². The smallest absolute Gasteiger partial charge is 0.231 e. The lowest BCUT2D eigenvalue weighted by Gasteiger charge is -2.16. The molecule has 108 valence electrons. The van der Waals surface area contributed by atoms with Gasteiger partial charge in [-0.3, -0.25) is 0 Å². The third kappa shape index (κ3) is 3.32. The first kappa shape index (κ1) is 16.5. The van der Waals surface area contributed by atoms with Crippen LogP contribution in [0.15, 0.2) is 41.3 Å². The molecule has 0 saturated heterocycles. The summed E-state index contributed by atoms with van der Waals surface area (Å²) in [4.78, 5) is 6.12. The van der Waals surface area contributed by atoms with Gasteiger partial charge in [-0.15, -0.1) is 0 Å². The molecular weight excluding hydrogens is 375 g/mol. The number of nitrogens with zero attached hydrogens (tertiary/aromatic N) is 3. The fraction of sp³-hybridized carbons (Fsp3) is 0. The normalized spacial score (nSPS) is 11.0. The molecule has 0 aliphatic carbocycles. The summed E-state index contributed by atoms with van der Waals surface area (Å²) >= 11 is 23.8. The lowest BCUT2D eigenvalue weighted by molar-refractivity contribution is 0.588. The third-order valence-electron chi connectivity index (χ3n) is 2.64. The van der Waals surface area contributed by atoms with Crippen LogP contribution in [0.5, 0.6) is 0 Å². The van der Waals surface area contributed by atoms with Crippen LogP contribution in [0.25, 0.3) is 10.4 Å². The highest BCUT2D eigenvalue weighted by molar-refractivity contribution is 7.77. The average Bonchev–Trinajstić information content (AvgIpc) is 2.38. The maximum absolute atomic E-state index is 13.2. The molecule has 0 amide bonds. The van der Waals surface area contributed by atoms with Crippen molar-refractivity contribution < 1.29 is 4.57 Å². The van der Waals surface area contributed by atoms with Crippen LogP contribution in [0.2, 0.25) is 20.1 Å². The first-order valence-electron chi connectivity index (χ1n) is 5.46. The zero-order valence-electron chi connectivity index (χ0n) is 10.2. The van der Waals surface area contributed by atoms with E-state index in [0.717, 1.165) is 0 Å². The van der Waals surface area contributed by atoms with E-state index < -0.39 is 7.29 Å². The third-order valence-corrected chi connectivity index (χ3v) is 6.42. The van der Waals surface area contributed by atoms with E-state index in [1.165, 1.54) is 36.4 Å². The molecule has 0 aliphatic heterocycles. The highest BCUT2D eigenvalue weighted by atomic mass is 35.5. The first-order valence-corrected chi connectivity index (χ1v) is 8.63. The van der Waals surface area contributed by atoms with Crippen molar-refractivity contribution in [3.05, 3.63) is 66.9 Å². The van der Waals surface area contributed by atoms with Gasteiger partial charge < -0.3 is 4.57 Å². The molecule has 21 heavy (non-hydrogen) atoms. The number of hydrogen-bond donors (Lipinski definition) is 0. The number of halogens is 4. The van der Waals surface area contributed by atoms with Crippen molar-refractivity contribution in [3.63, 3.8) is 0 Å². The molecule has 0 fully saturated rings. The van der Waals surface area contributed by atoms with Gasteiger partial charge >= 0.3 is 0 Å². The molecule has 0 saturated carbocycles. The molecule has 0 bridgehead atoms. The molecule has 0 radical (unpaired) electrons. The lowest BCUT2D eigenvalue weighted by Crippen LogP contribution is -2.16. The summed E-state index contributed by atoms with van der Waals surface area (Å²) in [7, 11) is -3.71. The summed E-state index contributed by atoms with van der Waals surface area (Å²) in [6.45, 7) is 0. The Morgan fingerprint density at radius 2 is 1.33 bits per heavy atom. The molecule has 0 aromatic heterocycles. The Hall–Kier alpha value is -0.860. The fourth-order valence-electron chi connectivity index (χ4n) is 1.74. The minimum atomic E-state index is -3.71. The molecular formula is C12H6Cl4N3OP. The average molecular weight is 381 g/mol. The van der Waals surface area contributed by atoms with E-state index in [1.807, 2.05) is 0 Å². The van der Waals surface area contributed by atoms with Crippen molar-refractivity contribution in [2.75, 3.05) is 0 Å². The van der Waals surface area contributed by atoms with Gasteiger partial charge in [0.1, 0.15) is 0 Å². The van der Waals surface area contributed by atoms with Crippen molar-refractivity contribution in [1.82, 2.24) is 0 Å². The molecule has 2 aromatic carbocycles. The minimum Gasteiger partial charge on any atom is -0.307 e. The molecule has 0 N–H and O–H groups in total. The van der Waals surface area contributed by atoms with Crippen LogP contribution in [0, 0.1) is 0 Å². The second-order valence-corrected chi connectivity index (χ2v) is 7.93. The van der Waals surface area contributed by atoms with Gasteiger partial charge in [0.15, 0.2) is 0 Å². The number of azide groups is 1. The van der Waals surface area contributed by atoms with Gasteiger partial charge in [-0.1, -0.05) is 46.4 Å². The Kier molecular flexibility index (Phi) is 5.11. The number of benzene rings is 2. The second-order valence-electron chi connectivity index (χ2n) is 3.95. The molecule has 2 aromatic rings. The minimum absolute atomic E-state index is 0.129. The fourth-order valence-corrected chi connectivity index (χ4v) is 5.07. The molecule has 0 atom stereocenters. The van der Waals surface area contributed by atoms with Gasteiger partial charge in [0.2, 0.25) is 7.29 Å². The lowest BCUT2D eigenvalue weighted by atomic mass is 10.3. The zero-order valence-corrected chi connectivity index (χ0v) is 14.1. The van der Waals surface area contributed by atoms with Crippen LogP contribution in [0.4, 0.5) is 0 Å². The van der Waals surface area contributed by atoms with E-state index in [-0.39, 0.29) is 20.7 Å². The van der Waals surface area contributed by atoms with Crippen LogP contribution in [0.3, 0.4) is 0 Å². The standard InChI is InChI=1S/C12H6Cl4N3OP/c13-7-1-3-11(9(15)5-7)21(20,19-18-17)12-4-2-8(14)6-10(12)16/h1-6H. The van der Waals surface area contributed by atoms with E-state index in [2.05, 4.69) is 9.80 Å². The Morgan fingerprint density at radius 1 is 0.905 bits per heavy atom. The van der Waals surface area contributed by atoms with Gasteiger partial charge in [0.05, 0.1) is 10.0 Å². The molecule has 9 heteroatoms. The van der Waals surface area contributed by atoms with E-state index in [4.69, 9.17) is 51.9 Å². The molecule has 0 heterocycles. The molecule has 0 unspecified atom stereocenters. The van der Waals surface area contributed by atoms with E-state index in [1.54, 1.807) is 0 Å². The maximum Gasteiger partial charge on any atom is 0.231 e. The van der Waals surface area contributed by atoms with Gasteiger partial charge in [-0.25, -0.2) is 0 Å². The van der Waals surface area contributed by atoms with Gasteiger partial charge in [0.25, 0.3) is 0 Å². The maximum atomic E-state index is 13.2. The summed E-state index contributed by atoms with van der Waals surface area (Å²) in [5.74, 6) is 0. The highest BCUT2D eigenvalue weighted by Crippen LogP contribution is 2.49. The van der Waals surface area contributed by atoms with Gasteiger partial charge in [0, 0.05) is 25.6 Å². The second kappa shape index (κ2) is 6.50. The zero-order chi connectivity index (χ0) is 15.6. The van der Waals surface area contributed by atoms with Crippen molar-refractivity contribution >= 4 is 64.3 Å². The summed E-state index contributed by atoms with van der Waals surface area (Å²) in [5, 5.41) is 1.33. The van der Waals surface area contributed by atoms with Crippen LogP contribution in [0.1, 0.15) is 0 Å². The largest absolute Gasteiger partial charge is 0.307 e. The van der Waals surface area contributed by atoms with Crippen molar-refractivity contribution in [2.24, 2.45) is 4.88 Å². The van der Waals surface area contributed by atoms with Crippen LogP contribution >= 0.6 is 53.7 Å². The van der Waals surface area contributed by atoms with Crippen LogP contribution in [-0.4, -0.2) is 0 Å². The Bertz CT molecular complexity index is 750. The molecule has 4 nitrogen and oxygen atoms in total. The van der Waals surface area contributed by atoms with Crippen molar-refractivity contribution in [3.8, 4) is 0 Å². The molecule has 0 spiro atoms. The van der Waals surface area contributed by atoms with Crippen molar-refractivity contribution in [1.29, 1.82) is 0 Å². The van der Waals surface area contributed by atoms with Crippen molar-refractivity contribution in [2.45, 2.75) is 0 Å². The quantitative estimate of drug-likeness (QED) is 0.285. The van der Waals surface area contributed by atoms with Gasteiger partial charge in [-0.05, 0) is 46.8 Å². The number of hydrogen-bond acceptors (Lipinski definition) is 1. The summed E-state index contributed by atoms with van der Waals surface area (Å²) < 4.78 is 13.2. The Labute approximate surface area is 140 Å². The van der Waals surface area contributed by atoms with Gasteiger partial charge in [-0.2, -0.15) is 0 Å². The highest BCUT2D eigenvalue weighted by Gasteiger charge is 2.31. The SMILES string of the molecule is [N-]=[N+]=NP(=O)(c1ccc(Cl)cc1Cl)c1ccc(Cl)cc1Cl. The summed E-state index contributed by atoms with van der Waals surface area (Å²) in [6, 6.07) is 8.75. The predicted octanol–water partition coefficient (Wildman–Crippen LogP) is 5.84. The summed E-state index contributed by atoms with van der Waals surface area (Å²) in [5.41, 5.74) is 8.76. The number of rotatable bonds is 3. The monoisotopic (exact) mass is 379 g/mol. The first-order chi connectivity index (χ1) is 9.88. The molecule has 2 rings (SSSR count). The molecule has 0 aliphatic rings. The van der Waals surface area contributed by atoms with Crippen LogP contribution < -0.4 is 10.6 Å². The Morgan fingerprint density at radius 3 is 1.67 bits per heavy atom. The van der Waals surface area contributed by atoms with E-state index in [9.17, 15) is 4.57 Å². The predicted molar refractivity (Wildman–Crippen MR) is 88.9 cm³/mol. The topological polar surface area (TPSA) is 65.8 Å². The van der Waals surface area contributed by atoms with E-state index in [0.29, 0.717) is 10.0 Å². The Balaban J connectivity index is 2.77. The van der Waals surface area contributed by atoms with E-state index >= 15 is 0 Å². The summed E-state index contributed by atoms with van der Waals surface area (Å²) in [6.07, 6.45) is 0.